The second kappa shape index (κ2) is 6.96. The summed E-state index contributed by atoms with van der Waals surface area (Å²) < 4.78 is 3.72. The Hall–Kier alpha value is -0.520. The number of halogens is 3. The van der Waals surface area contributed by atoms with E-state index >= 15 is 0 Å². The molecule has 0 aliphatic carbocycles. The number of amides is 1. The molecule has 4 nitrogen and oxygen atoms in total. The SMILES string of the molecule is O=C(N[C@H]([NH+]1CCOCC1)C(Cl)(Cl)Cl)c1ccccc1. The van der Waals surface area contributed by atoms with Crippen LogP contribution in [-0.4, -0.2) is 42.2 Å². The molecule has 20 heavy (non-hydrogen) atoms. The number of benzene rings is 1. The summed E-state index contributed by atoms with van der Waals surface area (Å²) in [7, 11) is 0. The molecule has 1 aromatic carbocycles. The van der Waals surface area contributed by atoms with Crippen LogP contribution in [0.1, 0.15) is 10.4 Å². The van der Waals surface area contributed by atoms with Crippen molar-refractivity contribution in [1.29, 1.82) is 0 Å². The number of alkyl halides is 3. The third kappa shape index (κ3) is 4.24. The van der Waals surface area contributed by atoms with Gasteiger partial charge in [-0.25, -0.2) is 0 Å². The predicted molar refractivity (Wildman–Crippen MR) is 79.5 cm³/mol. The summed E-state index contributed by atoms with van der Waals surface area (Å²) in [6.07, 6.45) is -0.607. The molecular weight excluding hydrogens is 323 g/mol. The maximum absolute atomic E-state index is 12.2. The van der Waals surface area contributed by atoms with E-state index in [-0.39, 0.29) is 5.91 Å². The van der Waals surface area contributed by atoms with Gasteiger partial charge in [-0.1, -0.05) is 53.0 Å². The highest BCUT2D eigenvalue weighted by molar-refractivity contribution is 6.68. The van der Waals surface area contributed by atoms with Gasteiger partial charge < -0.3 is 9.64 Å². The third-order valence-corrected chi connectivity index (χ3v) is 3.84. The normalized spacial score (nSPS) is 18.6. The topological polar surface area (TPSA) is 42.8 Å². The molecular formula is C13H16Cl3N2O2+. The van der Waals surface area contributed by atoms with Gasteiger partial charge in [0.1, 0.15) is 13.1 Å². The Kier molecular flexibility index (Phi) is 5.52. The summed E-state index contributed by atoms with van der Waals surface area (Å²) in [6, 6.07) is 8.87. The minimum absolute atomic E-state index is 0.249. The number of quaternary nitrogens is 1. The number of rotatable bonds is 3. The summed E-state index contributed by atoms with van der Waals surface area (Å²) in [5.41, 5.74) is 0.541. The number of carbonyl (C=O) groups excluding carboxylic acids is 1. The van der Waals surface area contributed by atoms with Crippen molar-refractivity contribution in [2.45, 2.75) is 9.96 Å². The number of hydrogen-bond acceptors (Lipinski definition) is 2. The second-order valence-electron chi connectivity index (χ2n) is 4.58. The number of hydrogen-bond donors (Lipinski definition) is 2. The second-order valence-corrected chi connectivity index (χ2v) is 6.95. The van der Waals surface area contributed by atoms with Crippen LogP contribution in [0.3, 0.4) is 0 Å². The average Bonchev–Trinajstić information content (AvgIpc) is 2.45. The fourth-order valence-electron chi connectivity index (χ4n) is 2.14. The quantitative estimate of drug-likeness (QED) is 0.809. The van der Waals surface area contributed by atoms with E-state index in [0.29, 0.717) is 31.9 Å². The summed E-state index contributed by atoms with van der Waals surface area (Å²) in [5.74, 6) is -0.249. The van der Waals surface area contributed by atoms with Crippen molar-refractivity contribution < 1.29 is 14.4 Å². The third-order valence-electron chi connectivity index (χ3n) is 3.18. The zero-order valence-corrected chi connectivity index (χ0v) is 13.0. The van der Waals surface area contributed by atoms with Crippen molar-refractivity contribution in [2.24, 2.45) is 0 Å². The van der Waals surface area contributed by atoms with E-state index in [2.05, 4.69) is 5.32 Å². The van der Waals surface area contributed by atoms with Crippen LogP contribution in [0.5, 0.6) is 0 Å². The molecule has 0 spiro atoms. The molecule has 2 N–H and O–H groups in total. The van der Waals surface area contributed by atoms with Gasteiger partial charge in [0.15, 0.2) is 0 Å². The van der Waals surface area contributed by atoms with Crippen LogP contribution in [0.15, 0.2) is 30.3 Å². The van der Waals surface area contributed by atoms with E-state index < -0.39 is 9.96 Å². The molecule has 0 unspecified atom stereocenters. The largest absolute Gasteiger partial charge is 0.370 e. The smallest absolute Gasteiger partial charge is 0.262 e. The molecule has 0 radical (unpaired) electrons. The standard InChI is InChI=1S/C13H15Cl3N2O2/c14-13(15,16)12(18-6-8-20-9-7-18)17-11(19)10-4-2-1-3-5-10/h1-5,12H,6-9H2,(H,17,19)/p+1/t12-/m1/s1. The van der Waals surface area contributed by atoms with Gasteiger partial charge in [-0.3, -0.25) is 10.1 Å². The monoisotopic (exact) mass is 337 g/mol. The lowest BCUT2D eigenvalue weighted by Crippen LogP contribution is -3.21. The molecule has 0 saturated carbocycles. The number of carbonyl (C=O) groups is 1. The van der Waals surface area contributed by atoms with Crippen LogP contribution in [0.4, 0.5) is 0 Å². The highest BCUT2D eigenvalue weighted by Gasteiger charge is 2.42. The predicted octanol–water partition coefficient (Wildman–Crippen LogP) is 1.03. The van der Waals surface area contributed by atoms with E-state index in [0.717, 1.165) is 4.90 Å². The Balaban J connectivity index is 2.10. The van der Waals surface area contributed by atoms with Crippen LogP contribution in [0, 0.1) is 0 Å². The van der Waals surface area contributed by atoms with Gasteiger partial charge in [-0.2, -0.15) is 0 Å². The molecule has 1 atom stereocenters. The summed E-state index contributed by atoms with van der Waals surface area (Å²) in [4.78, 5) is 13.2. The zero-order valence-electron chi connectivity index (χ0n) is 10.7. The van der Waals surface area contributed by atoms with Gasteiger partial charge in [-0.15, -0.1) is 0 Å². The van der Waals surface area contributed by atoms with E-state index in [9.17, 15) is 4.79 Å². The Bertz CT molecular complexity index is 445. The number of morpholine rings is 1. The van der Waals surface area contributed by atoms with E-state index in [4.69, 9.17) is 39.5 Å². The van der Waals surface area contributed by atoms with Gasteiger partial charge >= 0.3 is 0 Å². The Morgan fingerprint density at radius 1 is 1.20 bits per heavy atom. The van der Waals surface area contributed by atoms with Crippen molar-refractivity contribution in [3.8, 4) is 0 Å². The van der Waals surface area contributed by atoms with E-state index in [1.807, 2.05) is 6.07 Å². The molecule has 1 aliphatic rings. The Morgan fingerprint density at radius 3 is 2.35 bits per heavy atom. The maximum Gasteiger partial charge on any atom is 0.262 e. The molecule has 1 amide bonds. The van der Waals surface area contributed by atoms with Crippen molar-refractivity contribution in [3.05, 3.63) is 35.9 Å². The highest BCUT2D eigenvalue weighted by atomic mass is 35.6. The molecule has 1 saturated heterocycles. The van der Waals surface area contributed by atoms with Crippen LogP contribution >= 0.6 is 34.8 Å². The highest BCUT2D eigenvalue weighted by Crippen LogP contribution is 2.28. The van der Waals surface area contributed by atoms with Crippen molar-refractivity contribution in [2.75, 3.05) is 26.3 Å². The first kappa shape index (κ1) is 15.9. The van der Waals surface area contributed by atoms with E-state index in [1.54, 1.807) is 24.3 Å². The first-order chi connectivity index (χ1) is 9.48. The molecule has 7 heteroatoms. The minimum atomic E-state index is -1.57. The van der Waals surface area contributed by atoms with Gasteiger partial charge in [0, 0.05) is 5.56 Å². The van der Waals surface area contributed by atoms with Crippen LogP contribution in [0.2, 0.25) is 0 Å². The van der Waals surface area contributed by atoms with Gasteiger partial charge in [0.25, 0.3) is 9.70 Å². The Morgan fingerprint density at radius 2 is 1.80 bits per heavy atom. The Labute approximate surface area is 132 Å². The first-order valence-electron chi connectivity index (χ1n) is 6.33. The number of ether oxygens (including phenoxy) is 1. The fourth-order valence-corrected chi connectivity index (χ4v) is 2.77. The molecule has 1 aromatic rings. The van der Waals surface area contributed by atoms with Crippen LogP contribution < -0.4 is 10.2 Å². The maximum atomic E-state index is 12.2. The molecule has 110 valence electrons. The fraction of sp³-hybridized carbons (Fsp3) is 0.462. The summed E-state index contributed by atoms with van der Waals surface area (Å²) in [6.45, 7) is 2.56. The van der Waals surface area contributed by atoms with Crippen molar-refractivity contribution in [1.82, 2.24) is 5.32 Å². The lowest BCUT2D eigenvalue weighted by Gasteiger charge is -2.35. The van der Waals surface area contributed by atoms with Crippen molar-refractivity contribution in [3.63, 3.8) is 0 Å². The molecule has 1 aliphatic heterocycles. The molecule has 0 aromatic heterocycles. The van der Waals surface area contributed by atoms with Gasteiger partial charge in [0.2, 0.25) is 6.17 Å². The molecule has 0 bridgehead atoms. The molecule has 1 heterocycles. The van der Waals surface area contributed by atoms with Gasteiger partial charge in [0.05, 0.1) is 13.2 Å². The van der Waals surface area contributed by atoms with Crippen molar-refractivity contribution >= 4 is 40.7 Å². The number of nitrogens with one attached hydrogen (secondary N) is 2. The minimum Gasteiger partial charge on any atom is -0.370 e. The zero-order chi connectivity index (χ0) is 14.6. The average molecular weight is 339 g/mol. The lowest BCUT2D eigenvalue weighted by molar-refractivity contribution is -0.934. The van der Waals surface area contributed by atoms with Gasteiger partial charge in [-0.05, 0) is 12.1 Å². The first-order valence-corrected chi connectivity index (χ1v) is 7.47. The summed E-state index contributed by atoms with van der Waals surface area (Å²) >= 11 is 18.1. The van der Waals surface area contributed by atoms with E-state index in [1.165, 1.54) is 0 Å². The summed E-state index contributed by atoms with van der Waals surface area (Å²) in [5, 5.41) is 2.82. The molecule has 1 fully saturated rings. The lowest BCUT2D eigenvalue weighted by atomic mass is 10.2. The van der Waals surface area contributed by atoms with Crippen LogP contribution in [-0.2, 0) is 4.74 Å². The van der Waals surface area contributed by atoms with Crippen LogP contribution in [0.25, 0.3) is 0 Å². The molecule has 2 rings (SSSR count).